The number of para-hydroxylation sites is 1. The van der Waals surface area contributed by atoms with Gasteiger partial charge in [0.1, 0.15) is 12.4 Å². The van der Waals surface area contributed by atoms with Gasteiger partial charge in [-0.05, 0) is 30.9 Å². The quantitative estimate of drug-likeness (QED) is 0.864. The van der Waals surface area contributed by atoms with Gasteiger partial charge < -0.3 is 15.8 Å². The van der Waals surface area contributed by atoms with Crippen LogP contribution in [0.1, 0.15) is 37.7 Å². The SMILES string of the molecule is NC1(C(=O)NC2COc3ccccc3C2)CCCCC1. The Bertz CT molecular complexity index is 495. The number of carbonyl (C=O) groups excluding carboxylic acids is 1. The number of hydrogen-bond acceptors (Lipinski definition) is 3. The number of nitrogens with two attached hydrogens (primary N) is 1. The van der Waals surface area contributed by atoms with Crippen LogP contribution in [0.5, 0.6) is 5.75 Å². The Kier molecular flexibility index (Phi) is 3.66. The molecule has 4 nitrogen and oxygen atoms in total. The van der Waals surface area contributed by atoms with Crippen LogP contribution in [0.15, 0.2) is 24.3 Å². The number of ether oxygens (including phenoxy) is 1. The van der Waals surface area contributed by atoms with Gasteiger partial charge in [0.15, 0.2) is 0 Å². The Labute approximate surface area is 119 Å². The van der Waals surface area contributed by atoms with Crippen molar-refractivity contribution in [2.24, 2.45) is 5.73 Å². The Morgan fingerprint density at radius 1 is 1.25 bits per heavy atom. The van der Waals surface area contributed by atoms with Crippen molar-refractivity contribution in [3.8, 4) is 5.75 Å². The summed E-state index contributed by atoms with van der Waals surface area (Å²) in [7, 11) is 0. The van der Waals surface area contributed by atoms with Gasteiger partial charge in [-0.3, -0.25) is 4.79 Å². The highest BCUT2D eigenvalue weighted by atomic mass is 16.5. The number of carbonyl (C=O) groups is 1. The molecule has 0 aromatic heterocycles. The van der Waals surface area contributed by atoms with E-state index in [0.29, 0.717) is 6.61 Å². The normalized spacial score (nSPS) is 24.4. The fraction of sp³-hybridized carbons (Fsp3) is 0.562. The lowest BCUT2D eigenvalue weighted by Gasteiger charge is -2.34. The zero-order valence-electron chi connectivity index (χ0n) is 11.7. The molecule has 1 aromatic rings. The maximum absolute atomic E-state index is 12.4. The van der Waals surface area contributed by atoms with Crippen LogP contribution in [0.3, 0.4) is 0 Å². The van der Waals surface area contributed by atoms with Crippen LogP contribution in [0.25, 0.3) is 0 Å². The molecule has 108 valence electrons. The summed E-state index contributed by atoms with van der Waals surface area (Å²) in [5.74, 6) is 0.920. The molecule has 1 fully saturated rings. The van der Waals surface area contributed by atoms with Gasteiger partial charge in [-0.15, -0.1) is 0 Å². The Morgan fingerprint density at radius 2 is 2.00 bits per heavy atom. The zero-order valence-corrected chi connectivity index (χ0v) is 11.7. The van der Waals surface area contributed by atoms with Crippen LogP contribution in [-0.2, 0) is 11.2 Å². The average Bonchev–Trinajstić information content (AvgIpc) is 2.48. The van der Waals surface area contributed by atoms with Gasteiger partial charge in [-0.2, -0.15) is 0 Å². The first kappa shape index (κ1) is 13.4. The van der Waals surface area contributed by atoms with E-state index >= 15 is 0 Å². The fourth-order valence-electron chi connectivity index (χ4n) is 3.16. The molecule has 20 heavy (non-hydrogen) atoms. The molecule has 1 unspecified atom stereocenters. The van der Waals surface area contributed by atoms with Gasteiger partial charge in [0, 0.05) is 0 Å². The highest BCUT2D eigenvalue weighted by Crippen LogP contribution is 2.27. The second-order valence-corrected chi connectivity index (χ2v) is 6.01. The lowest BCUT2D eigenvalue weighted by Crippen LogP contribution is -2.58. The third kappa shape index (κ3) is 2.66. The third-order valence-electron chi connectivity index (χ3n) is 4.41. The summed E-state index contributed by atoms with van der Waals surface area (Å²) in [5, 5.41) is 3.08. The molecule has 0 saturated heterocycles. The van der Waals surface area contributed by atoms with Crippen molar-refractivity contribution in [3.05, 3.63) is 29.8 Å². The van der Waals surface area contributed by atoms with Gasteiger partial charge in [0.2, 0.25) is 5.91 Å². The molecule has 1 heterocycles. The molecule has 1 aromatic carbocycles. The highest BCUT2D eigenvalue weighted by molar-refractivity contribution is 5.86. The molecule has 1 saturated carbocycles. The van der Waals surface area contributed by atoms with Crippen LogP contribution in [-0.4, -0.2) is 24.1 Å². The maximum Gasteiger partial charge on any atom is 0.240 e. The molecule has 1 atom stereocenters. The van der Waals surface area contributed by atoms with E-state index in [1.54, 1.807) is 0 Å². The van der Waals surface area contributed by atoms with Crippen molar-refractivity contribution in [1.82, 2.24) is 5.32 Å². The van der Waals surface area contributed by atoms with E-state index in [-0.39, 0.29) is 11.9 Å². The van der Waals surface area contributed by atoms with Crippen LogP contribution in [0, 0.1) is 0 Å². The highest BCUT2D eigenvalue weighted by Gasteiger charge is 2.36. The number of fused-ring (bicyclic) bond motifs is 1. The summed E-state index contributed by atoms with van der Waals surface area (Å²) in [5.41, 5.74) is 6.74. The number of amides is 1. The monoisotopic (exact) mass is 274 g/mol. The Balaban J connectivity index is 1.63. The van der Waals surface area contributed by atoms with E-state index in [9.17, 15) is 4.79 Å². The molecular formula is C16H22N2O2. The molecule has 0 spiro atoms. The molecule has 1 aliphatic heterocycles. The number of hydrogen-bond donors (Lipinski definition) is 2. The van der Waals surface area contributed by atoms with E-state index in [4.69, 9.17) is 10.5 Å². The van der Waals surface area contributed by atoms with Crippen molar-refractivity contribution in [2.45, 2.75) is 50.1 Å². The van der Waals surface area contributed by atoms with Crippen LogP contribution >= 0.6 is 0 Å². The lowest BCUT2D eigenvalue weighted by molar-refractivity contribution is -0.128. The lowest BCUT2D eigenvalue weighted by atomic mass is 9.81. The first-order valence-corrected chi connectivity index (χ1v) is 7.48. The van der Waals surface area contributed by atoms with Crippen molar-refractivity contribution < 1.29 is 9.53 Å². The Hall–Kier alpha value is -1.55. The molecule has 1 aliphatic carbocycles. The molecule has 2 aliphatic rings. The number of rotatable bonds is 2. The van der Waals surface area contributed by atoms with E-state index in [1.807, 2.05) is 24.3 Å². The van der Waals surface area contributed by atoms with Gasteiger partial charge in [0.05, 0.1) is 11.6 Å². The predicted molar refractivity (Wildman–Crippen MR) is 77.6 cm³/mol. The minimum Gasteiger partial charge on any atom is -0.491 e. The van der Waals surface area contributed by atoms with Gasteiger partial charge in [-0.25, -0.2) is 0 Å². The molecule has 3 N–H and O–H groups in total. The number of nitrogens with one attached hydrogen (secondary N) is 1. The molecule has 3 rings (SSSR count). The topological polar surface area (TPSA) is 64.4 Å². The van der Waals surface area contributed by atoms with Gasteiger partial charge >= 0.3 is 0 Å². The fourth-order valence-corrected chi connectivity index (χ4v) is 3.16. The standard InChI is InChI=1S/C16H22N2O2/c17-16(8-4-1-5-9-16)15(19)18-13-10-12-6-2-3-7-14(12)20-11-13/h2-3,6-7,13H,1,4-5,8-11,17H2,(H,18,19). The molecule has 0 bridgehead atoms. The van der Waals surface area contributed by atoms with Crippen molar-refractivity contribution in [3.63, 3.8) is 0 Å². The minimum absolute atomic E-state index is 0.00909. The van der Waals surface area contributed by atoms with E-state index < -0.39 is 5.54 Å². The second-order valence-electron chi connectivity index (χ2n) is 6.01. The number of benzene rings is 1. The first-order chi connectivity index (χ1) is 9.67. The average molecular weight is 274 g/mol. The molecule has 4 heteroatoms. The molecule has 0 radical (unpaired) electrons. The van der Waals surface area contributed by atoms with Crippen molar-refractivity contribution in [1.29, 1.82) is 0 Å². The Morgan fingerprint density at radius 3 is 2.80 bits per heavy atom. The summed E-state index contributed by atoms with van der Waals surface area (Å²) in [4.78, 5) is 12.4. The van der Waals surface area contributed by atoms with Gasteiger partial charge in [-0.1, -0.05) is 37.5 Å². The minimum atomic E-state index is -0.671. The summed E-state index contributed by atoms with van der Waals surface area (Å²) in [6.45, 7) is 0.527. The van der Waals surface area contributed by atoms with E-state index in [1.165, 1.54) is 6.42 Å². The van der Waals surface area contributed by atoms with Crippen molar-refractivity contribution in [2.75, 3.05) is 6.61 Å². The van der Waals surface area contributed by atoms with Crippen molar-refractivity contribution >= 4 is 5.91 Å². The van der Waals surface area contributed by atoms with Gasteiger partial charge in [0.25, 0.3) is 0 Å². The summed E-state index contributed by atoms with van der Waals surface area (Å²) in [6, 6.07) is 8.01. The maximum atomic E-state index is 12.4. The van der Waals surface area contributed by atoms with E-state index in [2.05, 4.69) is 5.32 Å². The first-order valence-electron chi connectivity index (χ1n) is 7.48. The summed E-state index contributed by atoms with van der Waals surface area (Å²) < 4.78 is 5.70. The summed E-state index contributed by atoms with van der Waals surface area (Å²) in [6.07, 6.45) is 5.69. The van der Waals surface area contributed by atoms with Crippen LogP contribution in [0.2, 0.25) is 0 Å². The zero-order chi connectivity index (χ0) is 14.0. The largest absolute Gasteiger partial charge is 0.491 e. The summed E-state index contributed by atoms with van der Waals surface area (Å²) >= 11 is 0. The smallest absolute Gasteiger partial charge is 0.240 e. The third-order valence-corrected chi connectivity index (χ3v) is 4.41. The molecular weight excluding hydrogens is 252 g/mol. The predicted octanol–water partition coefficient (Wildman–Crippen LogP) is 1.77. The molecule has 1 amide bonds. The van der Waals surface area contributed by atoms with E-state index in [0.717, 1.165) is 43.4 Å². The van der Waals surface area contributed by atoms with Crippen LogP contribution < -0.4 is 15.8 Å². The second kappa shape index (κ2) is 5.44. The van der Waals surface area contributed by atoms with Crippen LogP contribution in [0.4, 0.5) is 0 Å².